The van der Waals surface area contributed by atoms with Gasteiger partial charge in [0, 0.05) is 0 Å². The Balaban J connectivity index is -0.000000140. The number of rotatable bonds is 12. The smallest absolute Gasteiger partial charge is 0.545 e. The van der Waals surface area contributed by atoms with E-state index < -0.39 is 35.8 Å². The largest absolute Gasteiger partial charge is 3.00 e. The van der Waals surface area contributed by atoms with E-state index in [0.29, 0.717) is 0 Å². The molecule has 38 heavy (non-hydrogen) atoms. The summed E-state index contributed by atoms with van der Waals surface area (Å²) >= 11 is 0. The van der Waals surface area contributed by atoms with Gasteiger partial charge in [-0.3, -0.25) is 0 Å². The molecule has 0 saturated carbocycles. The van der Waals surface area contributed by atoms with Crippen molar-refractivity contribution in [2.75, 3.05) is 0 Å². The molecule has 0 bridgehead atoms. The number of carboxylic acid groups (broad SMARTS) is 6. The molecule has 0 heterocycles. The van der Waals surface area contributed by atoms with Crippen molar-refractivity contribution >= 4 is 55.6 Å². The summed E-state index contributed by atoms with van der Waals surface area (Å²) < 4.78 is 0. The van der Waals surface area contributed by atoms with E-state index in [2.05, 4.69) is 0 Å². The Morgan fingerprint density at radius 2 is 0.395 bits per heavy atom. The summed E-state index contributed by atoms with van der Waals surface area (Å²) in [6.07, 6.45) is 0.830. The average Bonchev–Trinajstić information content (AvgIpc) is 2.78. The standard InChI is InChI=1S/3C8H12O4.2P/c3*1-3-5(7(9)10)6(4-2)8(11)12;;/h3*3-4H2,1-2H3,(H,9,10)(H,11,12);;/q;;;2*+3/p-6/b3*6-5-;;. The van der Waals surface area contributed by atoms with Crippen molar-refractivity contribution in [3.63, 3.8) is 0 Å². The van der Waals surface area contributed by atoms with Crippen molar-refractivity contribution < 1.29 is 59.4 Å². The molecule has 0 aliphatic carbocycles. The van der Waals surface area contributed by atoms with Crippen LogP contribution >= 0.6 is 19.8 Å². The number of carbonyl (C=O) groups is 6. The molecule has 0 amide bonds. The maximum Gasteiger partial charge on any atom is 3.00 e. The Hall–Kier alpha value is -3.10. The van der Waals surface area contributed by atoms with Crippen molar-refractivity contribution in [1.29, 1.82) is 0 Å². The minimum absolute atomic E-state index is 0. The molecule has 0 spiro atoms. The predicted octanol–water partition coefficient (Wildman–Crippen LogP) is -2.47. The Bertz CT molecular complexity index is 740. The van der Waals surface area contributed by atoms with Gasteiger partial charge >= 0.3 is 19.8 Å². The predicted molar refractivity (Wildman–Crippen MR) is 127 cm³/mol. The summed E-state index contributed by atoms with van der Waals surface area (Å²) in [5.41, 5.74) is -1.10. The zero-order valence-electron chi connectivity index (χ0n) is 22.0. The average molecular weight is 572 g/mol. The summed E-state index contributed by atoms with van der Waals surface area (Å²) in [5.74, 6) is -8.59. The first kappa shape index (κ1) is 44.9. The third kappa shape index (κ3) is 16.6. The molecule has 14 heteroatoms. The zero-order valence-corrected chi connectivity index (χ0v) is 23.8. The van der Waals surface area contributed by atoms with Crippen LogP contribution in [0, 0.1) is 0 Å². The van der Waals surface area contributed by atoms with Crippen LogP contribution < -0.4 is 30.6 Å². The van der Waals surface area contributed by atoms with Gasteiger partial charge in [-0.2, -0.15) is 0 Å². The number of aliphatic carboxylic acids is 6. The molecule has 0 unspecified atom stereocenters. The second kappa shape index (κ2) is 24.2. The molecule has 4 radical (unpaired) electrons. The van der Waals surface area contributed by atoms with Crippen molar-refractivity contribution in [3.8, 4) is 0 Å². The fraction of sp³-hybridized carbons (Fsp3) is 0.500. The summed E-state index contributed by atoms with van der Waals surface area (Å²) in [7, 11) is 0. The summed E-state index contributed by atoms with van der Waals surface area (Å²) in [4.78, 5) is 62.3. The van der Waals surface area contributed by atoms with E-state index in [9.17, 15) is 59.4 Å². The third-order valence-electron chi connectivity index (χ3n) is 4.69. The molecule has 208 valence electrons. The monoisotopic (exact) mass is 572 g/mol. The van der Waals surface area contributed by atoms with Gasteiger partial charge in [0.1, 0.15) is 0 Å². The maximum absolute atomic E-state index is 10.4. The first-order chi connectivity index (χ1) is 16.6. The molecule has 0 aromatic carbocycles. The van der Waals surface area contributed by atoms with Crippen LogP contribution in [0.5, 0.6) is 0 Å². The number of hydrogen-bond donors (Lipinski definition) is 0. The maximum atomic E-state index is 10.4. The van der Waals surface area contributed by atoms with Gasteiger partial charge in [-0.25, -0.2) is 0 Å². The molecule has 12 nitrogen and oxygen atoms in total. The summed E-state index contributed by atoms with van der Waals surface area (Å²) in [5, 5.41) is 62.3. The molecular weight excluding hydrogens is 542 g/mol. The molecule has 0 aromatic heterocycles. The quantitative estimate of drug-likeness (QED) is 0.175. The number of hydrogen-bond acceptors (Lipinski definition) is 12. The first-order valence-electron chi connectivity index (χ1n) is 11.1. The number of carbonyl (C=O) groups excluding carboxylic acids is 6. The Labute approximate surface area is 228 Å². The number of carboxylic acids is 6. The summed E-state index contributed by atoms with van der Waals surface area (Å²) in [6, 6.07) is 0. The van der Waals surface area contributed by atoms with Crippen molar-refractivity contribution in [1.82, 2.24) is 0 Å². The molecule has 0 aromatic rings. The van der Waals surface area contributed by atoms with Gasteiger partial charge in [0.2, 0.25) is 0 Å². The molecule has 0 aliphatic heterocycles. The SMILES string of the molecule is CC/C(C(=O)[O-])=C(\CC)C(=O)[O-].CC/C(C(=O)[O-])=C(\CC)C(=O)[O-].CC/C(C(=O)[O-])=C(\CC)C(=O)[O-].[P+3].[P+3]. The second-order valence-corrected chi connectivity index (χ2v) is 6.72. The Morgan fingerprint density at radius 3 is 0.421 bits per heavy atom. The van der Waals surface area contributed by atoms with Crippen LogP contribution in [0.25, 0.3) is 0 Å². The zero-order chi connectivity index (χ0) is 29.2. The van der Waals surface area contributed by atoms with Gasteiger partial charge < -0.3 is 59.4 Å². The third-order valence-corrected chi connectivity index (χ3v) is 4.69. The van der Waals surface area contributed by atoms with Gasteiger partial charge in [-0.15, -0.1) is 0 Å². The van der Waals surface area contributed by atoms with Crippen LogP contribution in [-0.2, 0) is 28.8 Å². The Morgan fingerprint density at radius 1 is 0.316 bits per heavy atom. The van der Waals surface area contributed by atoms with Crippen molar-refractivity contribution in [3.05, 3.63) is 33.4 Å². The molecular formula is C24H30O12P2. The van der Waals surface area contributed by atoms with E-state index >= 15 is 0 Å². The molecule has 0 rings (SSSR count). The van der Waals surface area contributed by atoms with Crippen LogP contribution in [0.15, 0.2) is 33.4 Å². The van der Waals surface area contributed by atoms with E-state index in [1.54, 1.807) is 41.5 Å². The van der Waals surface area contributed by atoms with Crippen molar-refractivity contribution in [2.45, 2.75) is 80.1 Å². The van der Waals surface area contributed by atoms with Crippen LogP contribution in [0.1, 0.15) is 80.1 Å². The fourth-order valence-electron chi connectivity index (χ4n) is 2.89. The first-order valence-corrected chi connectivity index (χ1v) is 11.1. The minimum Gasteiger partial charge on any atom is -0.545 e. The second-order valence-electron chi connectivity index (χ2n) is 6.72. The van der Waals surface area contributed by atoms with Crippen LogP contribution in [-0.4, -0.2) is 35.8 Å². The van der Waals surface area contributed by atoms with Gasteiger partial charge in [0.05, 0.1) is 35.8 Å². The topological polar surface area (TPSA) is 241 Å². The fourth-order valence-corrected chi connectivity index (χ4v) is 2.89. The normalized spacial score (nSPS) is 11.5. The van der Waals surface area contributed by atoms with Crippen molar-refractivity contribution in [2.24, 2.45) is 0 Å². The Kier molecular flexibility index (Phi) is 28.6. The van der Waals surface area contributed by atoms with Gasteiger partial charge in [0.15, 0.2) is 0 Å². The molecule has 0 aliphatic rings. The molecule has 0 N–H and O–H groups in total. The van der Waals surface area contributed by atoms with Gasteiger partial charge in [-0.1, -0.05) is 41.5 Å². The van der Waals surface area contributed by atoms with Crippen LogP contribution in [0.4, 0.5) is 0 Å². The minimum atomic E-state index is -1.43. The van der Waals surface area contributed by atoms with E-state index in [1.165, 1.54) is 0 Å². The van der Waals surface area contributed by atoms with E-state index in [1.807, 2.05) is 0 Å². The molecule has 0 atom stereocenters. The van der Waals surface area contributed by atoms with Crippen LogP contribution in [0.2, 0.25) is 0 Å². The summed E-state index contributed by atoms with van der Waals surface area (Å²) in [6.45, 7) is 9.36. The van der Waals surface area contributed by atoms with E-state index in [-0.39, 0.29) is 91.8 Å². The van der Waals surface area contributed by atoms with Gasteiger partial charge in [-0.05, 0) is 72.0 Å². The van der Waals surface area contributed by atoms with E-state index in [4.69, 9.17) is 0 Å². The van der Waals surface area contributed by atoms with Gasteiger partial charge in [0.25, 0.3) is 0 Å². The molecule has 0 fully saturated rings. The molecule has 0 saturated heterocycles. The van der Waals surface area contributed by atoms with Crippen LogP contribution in [0.3, 0.4) is 0 Å². The van der Waals surface area contributed by atoms with E-state index in [0.717, 1.165) is 0 Å².